The van der Waals surface area contributed by atoms with E-state index in [1.54, 1.807) is 19.2 Å². The van der Waals surface area contributed by atoms with Crippen LogP contribution in [0.25, 0.3) is 11.1 Å². The van der Waals surface area contributed by atoms with Crippen molar-refractivity contribution in [2.24, 2.45) is 0 Å². The molecule has 5 rings (SSSR count). The fourth-order valence-electron chi connectivity index (χ4n) is 3.86. The highest BCUT2D eigenvalue weighted by Gasteiger charge is 2.43. The third-order valence-corrected chi connectivity index (χ3v) is 5.49. The van der Waals surface area contributed by atoms with Gasteiger partial charge in [-0.3, -0.25) is 4.79 Å². The number of carbonyl (C=O) groups is 1. The number of fused-ring (bicyclic) bond motifs is 1. The molecule has 1 aliphatic rings. The number of carbonyl (C=O) groups excluding carboxylic acids is 1. The van der Waals surface area contributed by atoms with Crippen LogP contribution in [0.5, 0.6) is 17.4 Å². The molecule has 5 nitrogen and oxygen atoms in total. The number of amides is 1. The lowest BCUT2D eigenvalue weighted by Gasteiger charge is -2.22. The van der Waals surface area contributed by atoms with Gasteiger partial charge in [-0.05, 0) is 48.4 Å². The molecule has 2 heterocycles. The molecule has 3 aromatic carbocycles. The minimum Gasteiger partial charge on any atom is -0.461 e. The summed E-state index contributed by atoms with van der Waals surface area (Å²) in [6, 6.07) is 28.9. The quantitative estimate of drug-likeness (QED) is 0.437. The predicted molar refractivity (Wildman–Crippen MR) is 124 cm³/mol. The molecular weight excluding hydrogens is 400 g/mol. The van der Waals surface area contributed by atoms with Crippen LogP contribution in [0.4, 0.5) is 5.69 Å². The molecule has 32 heavy (non-hydrogen) atoms. The predicted octanol–water partition coefficient (Wildman–Crippen LogP) is 5.87. The molecule has 1 atom stereocenters. The van der Waals surface area contributed by atoms with Gasteiger partial charge in [-0.15, -0.1) is 0 Å². The summed E-state index contributed by atoms with van der Waals surface area (Å²) in [5.41, 5.74) is 2.63. The molecule has 1 unspecified atom stereocenters. The maximum atomic E-state index is 13.2. The average Bonchev–Trinajstić information content (AvgIpc) is 3.18. The van der Waals surface area contributed by atoms with Crippen molar-refractivity contribution in [1.29, 1.82) is 0 Å². The van der Waals surface area contributed by atoms with Crippen molar-refractivity contribution in [2.75, 3.05) is 5.32 Å². The van der Waals surface area contributed by atoms with Crippen molar-refractivity contribution in [2.45, 2.75) is 18.9 Å². The Morgan fingerprint density at radius 3 is 2.44 bits per heavy atom. The number of nitrogens with zero attached hydrogens (tertiary/aromatic N) is 1. The first kappa shape index (κ1) is 19.8. The largest absolute Gasteiger partial charge is 0.461 e. The van der Waals surface area contributed by atoms with Crippen molar-refractivity contribution in [3.05, 3.63) is 103 Å². The van der Waals surface area contributed by atoms with E-state index in [-0.39, 0.29) is 5.91 Å². The molecule has 0 spiro atoms. The Morgan fingerprint density at radius 2 is 1.66 bits per heavy atom. The first-order valence-electron chi connectivity index (χ1n) is 10.5. The molecule has 0 aliphatic carbocycles. The standard InChI is InChI=1S/C27H22N2O3/c1-27(18-24-23(15-16-28-25(24)32-27)19-9-4-2-5-10-19)26(30)29-20-11-8-14-22(17-20)31-21-12-6-3-7-13-21/h2-17H,18H2,1H3,(H,29,30). The second kappa shape index (κ2) is 8.19. The number of nitrogens with one attached hydrogen (secondary N) is 1. The number of aromatic nitrogens is 1. The number of para-hydroxylation sites is 1. The van der Waals surface area contributed by atoms with E-state index in [9.17, 15) is 4.79 Å². The van der Waals surface area contributed by atoms with Gasteiger partial charge in [0.15, 0.2) is 5.60 Å². The van der Waals surface area contributed by atoms with E-state index < -0.39 is 5.60 Å². The average molecular weight is 422 g/mol. The van der Waals surface area contributed by atoms with Gasteiger partial charge in [0.2, 0.25) is 5.88 Å². The van der Waals surface area contributed by atoms with Crippen molar-refractivity contribution < 1.29 is 14.3 Å². The summed E-state index contributed by atoms with van der Waals surface area (Å²) in [7, 11) is 0. The van der Waals surface area contributed by atoms with Gasteiger partial charge in [-0.1, -0.05) is 54.6 Å². The van der Waals surface area contributed by atoms with Gasteiger partial charge in [-0.2, -0.15) is 0 Å². The molecule has 1 amide bonds. The molecule has 0 fully saturated rings. The number of hydrogen-bond donors (Lipinski definition) is 1. The summed E-state index contributed by atoms with van der Waals surface area (Å²) in [4.78, 5) is 17.6. The van der Waals surface area contributed by atoms with Crippen molar-refractivity contribution >= 4 is 11.6 Å². The number of pyridine rings is 1. The molecule has 0 saturated carbocycles. The third kappa shape index (κ3) is 3.93. The zero-order valence-electron chi connectivity index (χ0n) is 17.6. The molecule has 4 aromatic rings. The lowest BCUT2D eigenvalue weighted by Crippen LogP contribution is -2.44. The van der Waals surface area contributed by atoms with Crippen molar-refractivity contribution in [3.63, 3.8) is 0 Å². The second-order valence-corrected chi connectivity index (χ2v) is 7.92. The van der Waals surface area contributed by atoms with Crippen LogP contribution in [-0.2, 0) is 11.2 Å². The molecule has 0 bridgehead atoms. The van der Waals surface area contributed by atoms with Gasteiger partial charge in [0, 0.05) is 29.9 Å². The summed E-state index contributed by atoms with van der Waals surface area (Å²) in [6.45, 7) is 1.79. The zero-order valence-corrected chi connectivity index (χ0v) is 17.6. The Hall–Kier alpha value is -4.12. The fraction of sp³-hybridized carbons (Fsp3) is 0.111. The van der Waals surface area contributed by atoms with Crippen LogP contribution in [0.15, 0.2) is 97.2 Å². The Labute approximate surface area is 186 Å². The topological polar surface area (TPSA) is 60.5 Å². The number of rotatable bonds is 5. The molecule has 1 aromatic heterocycles. The van der Waals surface area contributed by atoms with Crippen LogP contribution in [0.3, 0.4) is 0 Å². The highest BCUT2D eigenvalue weighted by molar-refractivity contribution is 5.98. The van der Waals surface area contributed by atoms with Crippen LogP contribution < -0.4 is 14.8 Å². The van der Waals surface area contributed by atoms with Crippen LogP contribution in [-0.4, -0.2) is 16.5 Å². The first-order valence-corrected chi connectivity index (χ1v) is 10.5. The number of anilines is 1. The molecule has 1 aliphatic heterocycles. The van der Waals surface area contributed by atoms with E-state index in [2.05, 4.69) is 10.3 Å². The summed E-state index contributed by atoms with van der Waals surface area (Å²) < 4.78 is 11.9. The highest BCUT2D eigenvalue weighted by Crippen LogP contribution is 2.40. The first-order chi connectivity index (χ1) is 15.6. The van der Waals surface area contributed by atoms with E-state index >= 15 is 0 Å². The van der Waals surface area contributed by atoms with E-state index in [0.29, 0.717) is 23.7 Å². The zero-order chi connectivity index (χ0) is 22.0. The molecular formula is C27H22N2O3. The third-order valence-electron chi connectivity index (χ3n) is 5.49. The maximum Gasteiger partial charge on any atom is 0.268 e. The van der Waals surface area contributed by atoms with Gasteiger partial charge in [-0.25, -0.2) is 4.98 Å². The lowest BCUT2D eigenvalue weighted by molar-refractivity contribution is -0.128. The summed E-state index contributed by atoms with van der Waals surface area (Å²) in [5.74, 6) is 1.65. The minimum absolute atomic E-state index is 0.230. The van der Waals surface area contributed by atoms with Gasteiger partial charge in [0.05, 0.1) is 0 Å². The van der Waals surface area contributed by atoms with Gasteiger partial charge < -0.3 is 14.8 Å². The Balaban J connectivity index is 1.34. The van der Waals surface area contributed by atoms with Crippen molar-refractivity contribution in [1.82, 2.24) is 4.98 Å². The number of ether oxygens (including phenoxy) is 2. The Kier molecular flexibility index (Phi) is 5.07. The van der Waals surface area contributed by atoms with Crippen molar-refractivity contribution in [3.8, 4) is 28.5 Å². The number of benzene rings is 3. The maximum absolute atomic E-state index is 13.2. The lowest BCUT2D eigenvalue weighted by atomic mass is 9.93. The smallest absolute Gasteiger partial charge is 0.268 e. The Morgan fingerprint density at radius 1 is 0.938 bits per heavy atom. The van der Waals surface area contributed by atoms with E-state index in [4.69, 9.17) is 9.47 Å². The van der Waals surface area contributed by atoms with E-state index in [1.165, 1.54) is 0 Å². The summed E-state index contributed by atoms with van der Waals surface area (Å²) >= 11 is 0. The number of hydrogen-bond acceptors (Lipinski definition) is 4. The van der Waals surface area contributed by atoms with E-state index in [0.717, 1.165) is 22.4 Å². The Bertz CT molecular complexity index is 1260. The molecule has 0 radical (unpaired) electrons. The van der Waals surface area contributed by atoms with Crippen LogP contribution in [0.2, 0.25) is 0 Å². The van der Waals surface area contributed by atoms with E-state index in [1.807, 2.05) is 84.9 Å². The summed E-state index contributed by atoms with van der Waals surface area (Å²) in [6.07, 6.45) is 2.15. The van der Waals surface area contributed by atoms with Gasteiger partial charge in [0.1, 0.15) is 11.5 Å². The molecule has 1 N–H and O–H groups in total. The van der Waals surface area contributed by atoms with Gasteiger partial charge in [0.25, 0.3) is 5.91 Å². The van der Waals surface area contributed by atoms with Crippen LogP contribution in [0, 0.1) is 0 Å². The van der Waals surface area contributed by atoms with Gasteiger partial charge >= 0.3 is 0 Å². The van der Waals surface area contributed by atoms with Crippen LogP contribution >= 0.6 is 0 Å². The fourth-order valence-corrected chi connectivity index (χ4v) is 3.86. The normalized spacial score (nSPS) is 16.7. The minimum atomic E-state index is -1.06. The molecule has 0 saturated heterocycles. The van der Waals surface area contributed by atoms with Crippen LogP contribution in [0.1, 0.15) is 12.5 Å². The molecule has 5 heteroatoms. The monoisotopic (exact) mass is 422 g/mol. The SMILES string of the molecule is CC1(C(=O)Nc2cccc(Oc3ccccc3)c2)Cc2c(-c3ccccc3)ccnc2O1. The summed E-state index contributed by atoms with van der Waals surface area (Å²) in [5, 5.41) is 2.97. The molecule has 158 valence electrons. The highest BCUT2D eigenvalue weighted by atomic mass is 16.5. The second-order valence-electron chi connectivity index (χ2n) is 7.92.